The summed E-state index contributed by atoms with van der Waals surface area (Å²) in [4.78, 5) is 12.0. The van der Waals surface area contributed by atoms with Crippen LogP contribution in [-0.4, -0.2) is 28.3 Å². The van der Waals surface area contributed by atoms with Crippen molar-refractivity contribution in [2.45, 2.75) is 4.34 Å². The van der Waals surface area contributed by atoms with Crippen LogP contribution in [0.25, 0.3) is 0 Å². The smallest absolute Gasteiger partial charge is 0.206 e. The van der Waals surface area contributed by atoms with Gasteiger partial charge in [0.05, 0.1) is 6.54 Å². The van der Waals surface area contributed by atoms with Crippen molar-refractivity contribution >= 4 is 49.9 Å². The SMILES string of the molecule is C=CCSc1nnc(NCC(=O)c2ccc(Br)cc2)s1. The van der Waals surface area contributed by atoms with E-state index in [0.717, 1.165) is 14.6 Å². The summed E-state index contributed by atoms with van der Waals surface area (Å²) >= 11 is 6.35. The van der Waals surface area contributed by atoms with Crippen LogP contribution >= 0.6 is 39.0 Å². The number of nitrogens with one attached hydrogen (secondary N) is 1. The minimum atomic E-state index is 0.0213. The Hall–Kier alpha value is -1.18. The Morgan fingerprint density at radius 3 is 2.85 bits per heavy atom. The lowest BCUT2D eigenvalue weighted by molar-refractivity contribution is 0.101. The topological polar surface area (TPSA) is 54.9 Å². The van der Waals surface area contributed by atoms with E-state index in [9.17, 15) is 4.79 Å². The predicted octanol–water partition coefficient (Wildman–Crippen LogP) is 3.87. The molecule has 2 aromatic rings. The molecular formula is C13H12BrN3OS2. The van der Waals surface area contributed by atoms with Gasteiger partial charge in [0.2, 0.25) is 5.13 Å². The largest absolute Gasteiger partial charge is 0.353 e. The number of carbonyl (C=O) groups excluding carboxylic acids is 1. The van der Waals surface area contributed by atoms with Gasteiger partial charge in [-0.15, -0.1) is 16.8 Å². The van der Waals surface area contributed by atoms with Gasteiger partial charge in [0.15, 0.2) is 10.1 Å². The minimum Gasteiger partial charge on any atom is -0.353 e. The predicted molar refractivity (Wildman–Crippen MR) is 87.8 cm³/mol. The maximum absolute atomic E-state index is 12.0. The first-order chi connectivity index (χ1) is 9.69. The highest BCUT2D eigenvalue weighted by atomic mass is 79.9. The molecule has 1 aromatic heterocycles. The molecule has 0 unspecified atom stereocenters. The number of thioether (sulfide) groups is 1. The van der Waals surface area contributed by atoms with Crippen LogP contribution in [0, 0.1) is 0 Å². The molecule has 0 bridgehead atoms. The lowest BCUT2D eigenvalue weighted by Gasteiger charge is -2.01. The Bertz CT molecular complexity index is 598. The van der Waals surface area contributed by atoms with Crippen LogP contribution in [0.5, 0.6) is 0 Å². The van der Waals surface area contributed by atoms with Crippen LogP contribution in [0.3, 0.4) is 0 Å². The Balaban J connectivity index is 1.88. The molecule has 2 rings (SSSR count). The highest BCUT2D eigenvalue weighted by molar-refractivity contribution is 9.10. The zero-order valence-electron chi connectivity index (χ0n) is 10.5. The first-order valence-electron chi connectivity index (χ1n) is 5.79. The van der Waals surface area contributed by atoms with Crippen LogP contribution in [0.15, 0.2) is 45.7 Å². The Morgan fingerprint density at radius 2 is 2.15 bits per heavy atom. The molecule has 0 atom stereocenters. The zero-order valence-corrected chi connectivity index (χ0v) is 13.7. The molecule has 104 valence electrons. The van der Waals surface area contributed by atoms with Gasteiger partial charge < -0.3 is 5.32 Å². The standard InChI is InChI=1S/C13H12BrN3OS2/c1-2-7-19-13-17-16-12(20-13)15-8-11(18)9-3-5-10(14)6-4-9/h2-6H,1,7-8H2,(H,15,16). The number of hydrogen-bond donors (Lipinski definition) is 1. The van der Waals surface area contributed by atoms with Crippen LogP contribution in [0.4, 0.5) is 5.13 Å². The second-order valence-electron chi connectivity index (χ2n) is 3.76. The van der Waals surface area contributed by atoms with Crippen molar-refractivity contribution in [3.8, 4) is 0 Å². The molecule has 0 fully saturated rings. The molecule has 1 heterocycles. The van der Waals surface area contributed by atoms with E-state index in [-0.39, 0.29) is 12.3 Å². The third-order valence-electron chi connectivity index (χ3n) is 2.30. The van der Waals surface area contributed by atoms with E-state index in [2.05, 4.69) is 38.0 Å². The quantitative estimate of drug-likeness (QED) is 0.456. The lowest BCUT2D eigenvalue weighted by atomic mass is 10.1. The third-order valence-corrected chi connectivity index (χ3v) is 4.84. The van der Waals surface area contributed by atoms with Crippen LogP contribution in [0.2, 0.25) is 0 Å². The average Bonchev–Trinajstić information content (AvgIpc) is 2.91. The number of benzene rings is 1. The van der Waals surface area contributed by atoms with E-state index >= 15 is 0 Å². The number of aromatic nitrogens is 2. The Kier molecular flexibility index (Phi) is 5.75. The summed E-state index contributed by atoms with van der Waals surface area (Å²) in [6, 6.07) is 7.28. The number of ketones is 1. The van der Waals surface area contributed by atoms with Crippen LogP contribution < -0.4 is 5.32 Å². The molecule has 20 heavy (non-hydrogen) atoms. The van der Waals surface area contributed by atoms with Gasteiger partial charge in [-0.25, -0.2) is 0 Å². The summed E-state index contributed by atoms with van der Waals surface area (Å²) in [7, 11) is 0. The van der Waals surface area contributed by atoms with Crippen molar-refractivity contribution in [3.05, 3.63) is 47.0 Å². The number of anilines is 1. The maximum atomic E-state index is 12.0. The van der Waals surface area contributed by atoms with E-state index < -0.39 is 0 Å². The Morgan fingerprint density at radius 1 is 1.40 bits per heavy atom. The number of Topliss-reactive ketones (excluding diaryl/α,β-unsaturated/α-hetero) is 1. The van der Waals surface area contributed by atoms with Gasteiger partial charge in [-0.2, -0.15) is 0 Å². The number of rotatable bonds is 7. The summed E-state index contributed by atoms with van der Waals surface area (Å²) in [5.41, 5.74) is 0.673. The van der Waals surface area contributed by atoms with E-state index in [1.54, 1.807) is 23.9 Å². The third kappa shape index (κ3) is 4.43. The summed E-state index contributed by atoms with van der Waals surface area (Å²) < 4.78 is 1.82. The van der Waals surface area contributed by atoms with Crippen LogP contribution in [-0.2, 0) is 0 Å². The molecule has 4 nitrogen and oxygen atoms in total. The van der Waals surface area contributed by atoms with E-state index in [1.807, 2.05) is 18.2 Å². The average molecular weight is 370 g/mol. The van der Waals surface area contributed by atoms with Crippen molar-refractivity contribution in [1.82, 2.24) is 10.2 Å². The molecule has 1 aromatic carbocycles. The van der Waals surface area contributed by atoms with Crippen molar-refractivity contribution < 1.29 is 4.79 Å². The summed E-state index contributed by atoms with van der Waals surface area (Å²) in [6.07, 6.45) is 1.82. The highest BCUT2D eigenvalue weighted by Crippen LogP contribution is 2.25. The number of hydrogen-bond acceptors (Lipinski definition) is 6. The lowest BCUT2D eigenvalue weighted by Crippen LogP contribution is -2.13. The van der Waals surface area contributed by atoms with E-state index in [0.29, 0.717) is 10.7 Å². The molecule has 0 radical (unpaired) electrons. The van der Waals surface area contributed by atoms with E-state index in [4.69, 9.17) is 0 Å². The molecular weight excluding hydrogens is 358 g/mol. The monoisotopic (exact) mass is 369 g/mol. The minimum absolute atomic E-state index is 0.0213. The highest BCUT2D eigenvalue weighted by Gasteiger charge is 2.08. The Labute approximate surface area is 133 Å². The van der Waals surface area contributed by atoms with Gasteiger partial charge >= 0.3 is 0 Å². The maximum Gasteiger partial charge on any atom is 0.206 e. The fourth-order valence-electron chi connectivity index (χ4n) is 1.36. The van der Waals surface area contributed by atoms with Crippen molar-refractivity contribution in [1.29, 1.82) is 0 Å². The molecule has 0 spiro atoms. The molecule has 0 aliphatic carbocycles. The molecule has 0 saturated carbocycles. The summed E-state index contributed by atoms with van der Waals surface area (Å²) in [5, 5.41) is 11.7. The van der Waals surface area contributed by atoms with Gasteiger partial charge in [0, 0.05) is 15.8 Å². The van der Waals surface area contributed by atoms with Gasteiger partial charge in [-0.05, 0) is 12.1 Å². The molecule has 0 aliphatic rings. The molecule has 0 aliphatic heterocycles. The second-order valence-corrected chi connectivity index (χ2v) is 6.92. The molecule has 0 saturated heterocycles. The number of nitrogens with zero attached hydrogens (tertiary/aromatic N) is 2. The number of carbonyl (C=O) groups is 1. The van der Waals surface area contributed by atoms with Gasteiger partial charge in [0.1, 0.15) is 0 Å². The summed E-state index contributed by atoms with van der Waals surface area (Å²) in [6.45, 7) is 3.86. The first-order valence-corrected chi connectivity index (χ1v) is 8.38. The zero-order chi connectivity index (χ0) is 14.4. The normalized spacial score (nSPS) is 10.2. The van der Waals surface area contributed by atoms with Crippen molar-refractivity contribution in [3.63, 3.8) is 0 Å². The van der Waals surface area contributed by atoms with Crippen molar-refractivity contribution in [2.24, 2.45) is 0 Å². The summed E-state index contributed by atoms with van der Waals surface area (Å²) in [5.74, 6) is 0.819. The second kappa shape index (κ2) is 7.56. The van der Waals surface area contributed by atoms with Gasteiger partial charge in [-0.3, -0.25) is 4.79 Å². The molecule has 1 N–H and O–H groups in total. The first kappa shape index (κ1) is 15.2. The molecule has 0 amide bonds. The van der Waals surface area contributed by atoms with E-state index in [1.165, 1.54) is 11.3 Å². The fourth-order valence-corrected chi connectivity index (χ4v) is 3.14. The van der Waals surface area contributed by atoms with Gasteiger partial charge in [-0.1, -0.05) is 57.2 Å². The fraction of sp³-hybridized carbons (Fsp3) is 0.154. The molecule has 7 heteroatoms. The van der Waals surface area contributed by atoms with Gasteiger partial charge in [0.25, 0.3) is 0 Å². The van der Waals surface area contributed by atoms with Crippen molar-refractivity contribution in [2.75, 3.05) is 17.6 Å². The number of halogens is 1. The van der Waals surface area contributed by atoms with Crippen LogP contribution in [0.1, 0.15) is 10.4 Å².